The first-order valence-corrected chi connectivity index (χ1v) is 8.59. The van der Waals surface area contributed by atoms with Gasteiger partial charge in [0.2, 0.25) is 0 Å². The molecule has 0 aromatic rings. The Morgan fingerprint density at radius 2 is 1.82 bits per heavy atom. The topological polar surface area (TPSA) is 26.0 Å². The van der Waals surface area contributed by atoms with E-state index in [1.165, 1.54) is 57.8 Å². The Bertz CT molecular complexity index is 219. The minimum Gasteiger partial charge on any atom is -0.330 e. The lowest BCUT2D eigenvalue weighted by Gasteiger charge is -2.32. The van der Waals surface area contributed by atoms with Crippen LogP contribution in [-0.2, 0) is 0 Å². The Morgan fingerprint density at radius 3 is 2.59 bits per heavy atom. The maximum absolute atomic E-state index is 5.98. The van der Waals surface area contributed by atoms with E-state index in [1.807, 2.05) is 0 Å². The summed E-state index contributed by atoms with van der Waals surface area (Å²) in [5.41, 5.74) is 5.98. The average molecular weight is 255 g/mol. The van der Waals surface area contributed by atoms with Gasteiger partial charge in [-0.3, -0.25) is 0 Å². The fourth-order valence-electron chi connectivity index (χ4n) is 3.55. The SMILES string of the molecule is CC1CCCC(SC2CCCCCC2CN)C1. The van der Waals surface area contributed by atoms with Gasteiger partial charge in [-0.25, -0.2) is 0 Å². The molecular weight excluding hydrogens is 226 g/mol. The predicted molar refractivity (Wildman–Crippen MR) is 78.4 cm³/mol. The van der Waals surface area contributed by atoms with Crippen molar-refractivity contribution in [2.24, 2.45) is 17.6 Å². The van der Waals surface area contributed by atoms with Crippen molar-refractivity contribution in [3.05, 3.63) is 0 Å². The van der Waals surface area contributed by atoms with E-state index in [1.54, 1.807) is 0 Å². The van der Waals surface area contributed by atoms with Crippen molar-refractivity contribution in [3.8, 4) is 0 Å². The first-order chi connectivity index (χ1) is 8.29. The molecule has 0 aromatic heterocycles. The van der Waals surface area contributed by atoms with Crippen molar-refractivity contribution in [1.82, 2.24) is 0 Å². The average Bonchev–Trinajstić information content (AvgIpc) is 2.54. The van der Waals surface area contributed by atoms with Gasteiger partial charge in [0.25, 0.3) is 0 Å². The smallest absolute Gasteiger partial charge is 0.00901 e. The van der Waals surface area contributed by atoms with Crippen LogP contribution in [0.15, 0.2) is 0 Å². The zero-order valence-corrected chi connectivity index (χ0v) is 12.2. The second kappa shape index (κ2) is 7.04. The molecule has 2 saturated carbocycles. The van der Waals surface area contributed by atoms with Crippen LogP contribution in [-0.4, -0.2) is 17.0 Å². The van der Waals surface area contributed by atoms with Gasteiger partial charge in [-0.05, 0) is 44.1 Å². The minimum atomic E-state index is 0.805. The van der Waals surface area contributed by atoms with Gasteiger partial charge in [0, 0.05) is 10.5 Å². The van der Waals surface area contributed by atoms with Crippen molar-refractivity contribution in [1.29, 1.82) is 0 Å². The lowest BCUT2D eigenvalue weighted by Crippen LogP contribution is -2.28. The van der Waals surface area contributed by atoms with E-state index in [0.717, 1.165) is 28.9 Å². The second-order valence-corrected chi connectivity index (χ2v) is 7.75. The summed E-state index contributed by atoms with van der Waals surface area (Å²) in [5.74, 6) is 1.77. The lowest BCUT2D eigenvalue weighted by molar-refractivity contribution is 0.391. The summed E-state index contributed by atoms with van der Waals surface area (Å²) in [7, 11) is 0. The molecule has 2 fully saturated rings. The second-order valence-electron chi connectivity index (χ2n) is 6.20. The molecule has 0 spiro atoms. The molecule has 2 rings (SSSR count). The van der Waals surface area contributed by atoms with Crippen molar-refractivity contribution in [2.45, 2.75) is 75.2 Å². The maximum Gasteiger partial charge on any atom is 0.00901 e. The number of nitrogens with two attached hydrogens (primary N) is 1. The van der Waals surface area contributed by atoms with Gasteiger partial charge in [0.05, 0.1) is 0 Å². The molecule has 2 N–H and O–H groups in total. The number of hydrogen-bond donors (Lipinski definition) is 1. The van der Waals surface area contributed by atoms with Crippen LogP contribution in [0, 0.1) is 11.8 Å². The van der Waals surface area contributed by atoms with Gasteiger partial charge < -0.3 is 5.73 Å². The first kappa shape index (κ1) is 13.7. The molecule has 0 bridgehead atoms. The summed E-state index contributed by atoms with van der Waals surface area (Å²) in [5, 5.41) is 1.81. The van der Waals surface area contributed by atoms with Crippen LogP contribution >= 0.6 is 11.8 Å². The van der Waals surface area contributed by atoms with Gasteiger partial charge >= 0.3 is 0 Å². The summed E-state index contributed by atoms with van der Waals surface area (Å²) in [6, 6.07) is 0. The monoisotopic (exact) mass is 255 g/mol. The number of rotatable bonds is 3. The first-order valence-electron chi connectivity index (χ1n) is 7.65. The van der Waals surface area contributed by atoms with E-state index in [9.17, 15) is 0 Å². The summed E-state index contributed by atoms with van der Waals surface area (Å²) >= 11 is 2.31. The van der Waals surface area contributed by atoms with E-state index >= 15 is 0 Å². The molecule has 4 unspecified atom stereocenters. The van der Waals surface area contributed by atoms with E-state index in [0.29, 0.717) is 0 Å². The van der Waals surface area contributed by atoms with E-state index in [-0.39, 0.29) is 0 Å². The fourth-order valence-corrected chi connectivity index (χ4v) is 5.56. The Kier molecular flexibility index (Phi) is 5.68. The highest BCUT2D eigenvalue weighted by molar-refractivity contribution is 8.00. The standard InChI is InChI=1S/C15H29NS/c1-12-6-5-8-14(10-12)17-15-9-4-2-3-7-13(15)11-16/h12-15H,2-11,16H2,1H3. The van der Waals surface area contributed by atoms with Crippen LogP contribution < -0.4 is 5.73 Å². The minimum absolute atomic E-state index is 0.805. The van der Waals surface area contributed by atoms with Crippen molar-refractivity contribution in [3.63, 3.8) is 0 Å². The van der Waals surface area contributed by atoms with Gasteiger partial charge in [0.1, 0.15) is 0 Å². The highest BCUT2D eigenvalue weighted by Crippen LogP contribution is 2.40. The molecule has 2 aliphatic rings. The highest BCUT2D eigenvalue weighted by atomic mass is 32.2. The van der Waals surface area contributed by atoms with Gasteiger partial charge in [0.15, 0.2) is 0 Å². The largest absolute Gasteiger partial charge is 0.330 e. The molecule has 0 heterocycles. The van der Waals surface area contributed by atoms with Gasteiger partial charge in [-0.15, -0.1) is 0 Å². The Balaban J connectivity index is 1.85. The molecular formula is C15H29NS. The maximum atomic E-state index is 5.98. The molecule has 0 amide bonds. The molecule has 1 nitrogen and oxygen atoms in total. The molecule has 0 aromatic carbocycles. The van der Waals surface area contributed by atoms with Crippen molar-refractivity contribution < 1.29 is 0 Å². The summed E-state index contributed by atoms with van der Waals surface area (Å²) in [6.45, 7) is 3.35. The van der Waals surface area contributed by atoms with Crippen LogP contribution in [0.25, 0.3) is 0 Å². The molecule has 17 heavy (non-hydrogen) atoms. The normalized spacial score (nSPS) is 39.9. The molecule has 2 aliphatic carbocycles. The van der Waals surface area contributed by atoms with Crippen LogP contribution in [0.4, 0.5) is 0 Å². The third-order valence-corrected chi connectivity index (χ3v) is 6.43. The molecule has 0 saturated heterocycles. The van der Waals surface area contributed by atoms with Crippen LogP contribution in [0.1, 0.15) is 64.7 Å². The fraction of sp³-hybridized carbons (Fsp3) is 1.00. The Labute approximate surface area is 111 Å². The van der Waals surface area contributed by atoms with Crippen LogP contribution in [0.3, 0.4) is 0 Å². The third-order valence-electron chi connectivity index (χ3n) is 4.65. The third kappa shape index (κ3) is 4.17. The van der Waals surface area contributed by atoms with Crippen LogP contribution in [0.5, 0.6) is 0 Å². The number of thioether (sulfide) groups is 1. The summed E-state index contributed by atoms with van der Waals surface area (Å²) < 4.78 is 0. The Hall–Kier alpha value is 0.310. The summed E-state index contributed by atoms with van der Waals surface area (Å²) in [6.07, 6.45) is 12.9. The highest BCUT2D eigenvalue weighted by Gasteiger charge is 2.28. The zero-order valence-electron chi connectivity index (χ0n) is 11.4. The molecule has 4 atom stereocenters. The zero-order chi connectivity index (χ0) is 12.1. The number of hydrogen-bond acceptors (Lipinski definition) is 2. The molecule has 0 radical (unpaired) electrons. The summed E-state index contributed by atoms with van der Waals surface area (Å²) in [4.78, 5) is 0. The van der Waals surface area contributed by atoms with E-state index < -0.39 is 0 Å². The predicted octanol–water partition coefficient (Wildman–Crippen LogP) is 4.21. The van der Waals surface area contributed by atoms with Crippen molar-refractivity contribution >= 4 is 11.8 Å². The molecule has 100 valence electrons. The van der Waals surface area contributed by atoms with E-state index in [4.69, 9.17) is 5.73 Å². The van der Waals surface area contributed by atoms with Gasteiger partial charge in [-0.1, -0.05) is 39.0 Å². The van der Waals surface area contributed by atoms with E-state index in [2.05, 4.69) is 18.7 Å². The quantitative estimate of drug-likeness (QED) is 0.765. The molecule has 2 heteroatoms. The lowest BCUT2D eigenvalue weighted by atomic mass is 9.90. The van der Waals surface area contributed by atoms with Crippen molar-refractivity contribution in [2.75, 3.05) is 6.54 Å². The van der Waals surface area contributed by atoms with Crippen LogP contribution in [0.2, 0.25) is 0 Å². The van der Waals surface area contributed by atoms with Gasteiger partial charge in [-0.2, -0.15) is 11.8 Å². The molecule has 0 aliphatic heterocycles. The Morgan fingerprint density at radius 1 is 1.00 bits per heavy atom.